The van der Waals surface area contributed by atoms with Gasteiger partial charge in [-0.3, -0.25) is 14.8 Å². The number of carbonyl (C=O) groups excluding carboxylic acids is 1. The van der Waals surface area contributed by atoms with Crippen LogP contribution in [0.1, 0.15) is 29.8 Å². The van der Waals surface area contributed by atoms with Gasteiger partial charge in [-0.1, -0.05) is 0 Å². The maximum Gasteiger partial charge on any atom is 0.274 e. The Morgan fingerprint density at radius 3 is 2.79 bits per heavy atom. The number of H-pyrrole nitrogens is 1. The Labute approximate surface area is 140 Å². The van der Waals surface area contributed by atoms with E-state index in [0.717, 1.165) is 32.4 Å². The van der Waals surface area contributed by atoms with Crippen LogP contribution in [0.25, 0.3) is 11.5 Å². The lowest BCUT2D eigenvalue weighted by atomic mass is 10.1. The lowest BCUT2D eigenvalue weighted by Crippen LogP contribution is -2.53. The van der Waals surface area contributed by atoms with Crippen LogP contribution in [0.15, 0.2) is 28.9 Å². The lowest BCUT2D eigenvalue weighted by molar-refractivity contribution is 0.0313. The quantitative estimate of drug-likeness (QED) is 0.887. The molecule has 0 radical (unpaired) electrons. The molecule has 0 aromatic carbocycles. The van der Waals surface area contributed by atoms with E-state index in [9.17, 15) is 9.90 Å². The molecular formula is C17H22N4O3. The number of amides is 1. The highest BCUT2D eigenvalue weighted by molar-refractivity contribution is 5.93. The molecule has 3 heterocycles. The molecule has 2 aromatic heterocycles. The van der Waals surface area contributed by atoms with Crippen molar-refractivity contribution in [2.45, 2.75) is 31.4 Å². The Hall–Kier alpha value is -2.12. The third kappa shape index (κ3) is 2.85. The number of rotatable bonds is 3. The number of aliphatic hydroxyl groups is 1. The van der Waals surface area contributed by atoms with Crippen molar-refractivity contribution in [3.8, 4) is 11.5 Å². The number of aromatic nitrogens is 2. The maximum absolute atomic E-state index is 12.6. The van der Waals surface area contributed by atoms with E-state index < -0.39 is 0 Å². The molecule has 0 unspecified atom stereocenters. The molecular weight excluding hydrogens is 308 g/mol. The Balaban J connectivity index is 1.38. The van der Waals surface area contributed by atoms with Gasteiger partial charge in [0, 0.05) is 38.3 Å². The van der Waals surface area contributed by atoms with E-state index in [1.165, 1.54) is 0 Å². The van der Waals surface area contributed by atoms with Crippen molar-refractivity contribution >= 4 is 5.91 Å². The van der Waals surface area contributed by atoms with Gasteiger partial charge in [0.1, 0.15) is 5.69 Å². The van der Waals surface area contributed by atoms with Gasteiger partial charge in [-0.2, -0.15) is 5.10 Å². The molecule has 1 amide bonds. The van der Waals surface area contributed by atoms with Crippen molar-refractivity contribution in [1.29, 1.82) is 0 Å². The summed E-state index contributed by atoms with van der Waals surface area (Å²) in [7, 11) is 0. The van der Waals surface area contributed by atoms with Crippen LogP contribution in [0.5, 0.6) is 0 Å². The Kier molecular flexibility index (Phi) is 4.12. The molecule has 1 saturated heterocycles. The first-order valence-electron chi connectivity index (χ1n) is 8.53. The summed E-state index contributed by atoms with van der Waals surface area (Å²) in [6.07, 6.45) is 4.42. The standard InChI is InChI=1S/C17H22N4O3/c22-15-4-1-3-14(15)20-6-8-21(9-7-20)17(23)13-11-12(18-19-13)16-5-2-10-24-16/h2,5,10-11,14-15,22H,1,3-4,6-9H2,(H,18,19)/t14-,15-/m0/s1. The van der Waals surface area contributed by atoms with Gasteiger partial charge in [0.05, 0.1) is 12.4 Å². The van der Waals surface area contributed by atoms with E-state index in [2.05, 4.69) is 15.1 Å². The minimum absolute atomic E-state index is 0.0596. The Morgan fingerprint density at radius 1 is 1.29 bits per heavy atom. The van der Waals surface area contributed by atoms with Crippen molar-refractivity contribution in [1.82, 2.24) is 20.0 Å². The number of hydrogen-bond donors (Lipinski definition) is 2. The summed E-state index contributed by atoms with van der Waals surface area (Å²) < 4.78 is 5.31. The molecule has 1 aliphatic heterocycles. The minimum Gasteiger partial charge on any atom is -0.463 e. The maximum atomic E-state index is 12.6. The van der Waals surface area contributed by atoms with E-state index in [1.807, 2.05) is 11.0 Å². The largest absolute Gasteiger partial charge is 0.463 e. The molecule has 1 saturated carbocycles. The number of aliphatic hydroxyl groups excluding tert-OH is 1. The zero-order chi connectivity index (χ0) is 16.5. The first-order chi connectivity index (χ1) is 11.7. The van der Waals surface area contributed by atoms with Crippen LogP contribution in [0, 0.1) is 0 Å². The first-order valence-corrected chi connectivity index (χ1v) is 8.53. The predicted octanol–water partition coefficient (Wildman–Crippen LogP) is 1.34. The number of piperazine rings is 1. The minimum atomic E-state index is -0.213. The van der Waals surface area contributed by atoms with Gasteiger partial charge in [-0.25, -0.2) is 0 Å². The highest BCUT2D eigenvalue weighted by Crippen LogP contribution is 2.25. The summed E-state index contributed by atoms with van der Waals surface area (Å²) in [6, 6.07) is 5.62. The molecule has 2 N–H and O–H groups in total. The van der Waals surface area contributed by atoms with Crippen molar-refractivity contribution in [3.05, 3.63) is 30.2 Å². The molecule has 7 heteroatoms. The number of aromatic amines is 1. The summed E-state index contributed by atoms with van der Waals surface area (Å²) in [5.74, 6) is 0.609. The topological polar surface area (TPSA) is 85.6 Å². The van der Waals surface area contributed by atoms with Gasteiger partial charge in [-0.05, 0) is 31.4 Å². The van der Waals surface area contributed by atoms with Gasteiger partial charge in [0.25, 0.3) is 5.91 Å². The molecule has 2 atom stereocenters. The molecule has 2 fully saturated rings. The van der Waals surface area contributed by atoms with Crippen LogP contribution in [-0.4, -0.2) is 69.3 Å². The molecule has 24 heavy (non-hydrogen) atoms. The molecule has 1 aliphatic carbocycles. The van der Waals surface area contributed by atoms with Crippen molar-refractivity contribution in [2.24, 2.45) is 0 Å². The molecule has 4 rings (SSSR count). The molecule has 0 bridgehead atoms. The average molecular weight is 330 g/mol. The normalized spacial score (nSPS) is 25.3. The van der Waals surface area contributed by atoms with Crippen LogP contribution < -0.4 is 0 Å². The van der Waals surface area contributed by atoms with Crippen molar-refractivity contribution in [2.75, 3.05) is 26.2 Å². The fraction of sp³-hybridized carbons (Fsp3) is 0.529. The van der Waals surface area contributed by atoms with Crippen LogP contribution >= 0.6 is 0 Å². The Bertz CT molecular complexity index is 689. The van der Waals surface area contributed by atoms with Gasteiger partial charge in [0.15, 0.2) is 11.5 Å². The van der Waals surface area contributed by atoms with Crippen LogP contribution in [0.2, 0.25) is 0 Å². The second-order valence-corrected chi connectivity index (χ2v) is 6.54. The van der Waals surface area contributed by atoms with Gasteiger partial charge in [-0.15, -0.1) is 0 Å². The lowest BCUT2D eigenvalue weighted by Gasteiger charge is -2.38. The fourth-order valence-electron chi connectivity index (χ4n) is 3.75. The second-order valence-electron chi connectivity index (χ2n) is 6.54. The second kappa shape index (κ2) is 6.41. The van der Waals surface area contributed by atoms with Crippen molar-refractivity contribution in [3.63, 3.8) is 0 Å². The predicted molar refractivity (Wildman–Crippen MR) is 87.4 cm³/mol. The summed E-state index contributed by atoms with van der Waals surface area (Å²) >= 11 is 0. The SMILES string of the molecule is O=C(c1cc(-c2ccco2)[nH]n1)N1CCN([C@H]2CCC[C@@H]2O)CC1. The van der Waals surface area contributed by atoms with Crippen LogP contribution in [0.4, 0.5) is 0 Å². The van der Waals surface area contributed by atoms with Gasteiger partial charge >= 0.3 is 0 Å². The summed E-state index contributed by atoms with van der Waals surface area (Å²) in [4.78, 5) is 16.8. The van der Waals surface area contributed by atoms with Gasteiger partial charge in [0.2, 0.25) is 0 Å². The number of furan rings is 1. The zero-order valence-electron chi connectivity index (χ0n) is 13.5. The van der Waals surface area contributed by atoms with E-state index in [4.69, 9.17) is 4.42 Å². The highest BCUT2D eigenvalue weighted by atomic mass is 16.3. The van der Waals surface area contributed by atoms with Gasteiger partial charge < -0.3 is 14.4 Å². The van der Waals surface area contributed by atoms with E-state index in [0.29, 0.717) is 30.2 Å². The number of nitrogens with one attached hydrogen (secondary N) is 1. The van der Waals surface area contributed by atoms with E-state index >= 15 is 0 Å². The van der Waals surface area contributed by atoms with Crippen LogP contribution in [0.3, 0.4) is 0 Å². The zero-order valence-corrected chi connectivity index (χ0v) is 13.5. The summed E-state index contributed by atoms with van der Waals surface area (Å²) in [6.45, 7) is 2.96. The fourth-order valence-corrected chi connectivity index (χ4v) is 3.75. The summed E-state index contributed by atoms with van der Waals surface area (Å²) in [5.41, 5.74) is 1.12. The number of nitrogens with zero attached hydrogens (tertiary/aromatic N) is 3. The smallest absolute Gasteiger partial charge is 0.274 e. The summed E-state index contributed by atoms with van der Waals surface area (Å²) in [5, 5.41) is 17.0. The third-order valence-electron chi connectivity index (χ3n) is 5.10. The average Bonchev–Trinajstić information content (AvgIpc) is 3.35. The molecule has 2 aliphatic rings. The Morgan fingerprint density at radius 2 is 2.12 bits per heavy atom. The monoisotopic (exact) mass is 330 g/mol. The molecule has 128 valence electrons. The third-order valence-corrected chi connectivity index (χ3v) is 5.10. The number of carbonyl (C=O) groups is 1. The van der Waals surface area contributed by atoms with Crippen LogP contribution in [-0.2, 0) is 0 Å². The molecule has 7 nitrogen and oxygen atoms in total. The number of hydrogen-bond acceptors (Lipinski definition) is 5. The van der Waals surface area contributed by atoms with Crippen molar-refractivity contribution < 1.29 is 14.3 Å². The van der Waals surface area contributed by atoms with E-state index in [1.54, 1.807) is 18.4 Å². The first kappa shape index (κ1) is 15.4. The van der Waals surface area contributed by atoms with E-state index in [-0.39, 0.29) is 18.1 Å². The highest BCUT2D eigenvalue weighted by Gasteiger charge is 2.33. The molecule has 0 spiro atoms. The molecule has 2 aromatic rings.